The average molecular weight is 353 g/mol. The van der Waals surface area contributed by atoms with Gasteiger partial charge in [-0.05, 0) is 15.9 Å². The number of hydrogen-bond donors (Lipinski definition) is 0. The molecule has 10 heavy (non-hydrogen) atoms. The Labute approximate surface area is 79.7 Å². The summed E-state index contributed by atoms with van der Waals surface area (Å²) in [5.74, 6) is 0. The fourth-order valence-corrected chi connectivity index (χ4v) is 0.383. The van der Waals surface area contributed by atoms with E-state index in [4.69, 9.17) is 0 Å². The minimum Gasteiger partial charge on any atom is -0.232 e. The summed E-state index contributed by atoms with van der Waals surface area (Å²) in [6.07, 6.45) is -4.67. The van der Waals surface area contributed by atoms with Gasteiger partial charge in [0, 0.05) is 0 Å². The predicted octanol–water partition coefficient (Wildman–Crippen LogP) is 3.73. The molecule has 0 aliphatic heterocycles. The summed E-state index contributed by atoms with van der Waals surface area (Å²) >= 11 is 6.42. The van der Waals surface area contributed by atoms with Gasteiger partial charge in [-0.3, -0.25) is 0 Å². The number of halogens is 7. The van der Waals surface area contributed by atoms with Crippen LogP contribution in [0.15, 0.2) is 0 Å². The van der Waals surface area contributed by atoms with E-state index in [0.717, 1.165) is 0 Å². The second-order valence-electron chi connectivity index (χ2n) is 1.42. The maximum Gasteiger partial charge on any atom is 0.417 e. The van der Waals surface area contributed by atoms with E-state index in [1.54, 1.807) is 0 Å². The third kappa shape index (κ3) is 2.34. The molecule has 0 aromatic heterocycles. The number of rotatable bonds is 1. The van der Waals surface area contributed by atoms with Crippen LogP contribution in [0.4, 0.5) is 17.6 Å². The van der Waals surface area contributed by atoms with Crippen LogP contribution in [-0.2, 0) is 0 Å². The van der Waals surface area contributed by atoms with E-state index >= 15 is 0 Å². The van der Waals surface area contributed by atoms with Gasteiger partial charge in [0.1, 0.15) is 0 Å². The zero-order valence-electron chi connectivity index (χ0n) is 4.22. The van der Waals surface area contributed by atoms with Crippen LogP contribution in [0.3, 0.4) is 0 Å². The maximum absolute atomic E-state index is 12.1. The highest BCUT2D eigenvalue weighted by Crippen LogP contribution is 2.48. The first-order chi connectivity index (χ1) is 4.19. The van der Waals surface area contributed by atoms with Crippen LogP contribution in [-0.4, -0.2) is 14.5 Å². The normalized spacial score (nSPS) is 17.1. The van der Waals surface area contributed by atoms with Crippen molar-refractivity contribution in [1.29, 1.82) is 0 Å². The average Bonchev–Trinajstić information content (AvgIpc) is 1.62. The molecule has 1 unspecified atom stereocenters. The highest BCUT2D eigenvalue weighted by atomic mass is 79.9. The van der Waals surface area contributed by atoms with Gasteiger partial charge in [-0.25, -0.2) is 4.39 Å². The van der Waals surface area contributed by atoms with Crippen molar-refractivity contribution in [1.82, 2.24) is 0 Å². The Morgan fingerprint density at radius 3 is 1.40 bits per heavy atom. The van der Waals surface area contributed by atoms with Gasteiger partial charge in [0.25, 0.3) is 0 Å². The summed E-state index contributed by atoms with van der Waals surface area (Å²) in [7, 11) is 0. The largest absolute Gasteiger partial charge is 0.417 e. The Balaban J connectivity index is 4.40. The molecule has 0 aromatic carbocycles. The molecule has 0 nitrogen and oxygen atoms in total. The van der Waals surface area contributed by atoms with Crippen molar-refractivity contribution in [3.8, 4) is 0 Å². The fourth-order valence-electron chi connectivity index (χ4n) is 0.124. The lowest BCUT2D eigenvalue weighted by Crippen LogP contribution is -2.38. The summed E-state index contributed by atoms with van der Waals surface area (Å²) in [6.45, 7) is 0. The zero-order chi connectivity index (χ0) is 8.58. The van der Waals surface area contributed by atoms with Gasteiger partial charge in [-0.2, -0.15) is 13.2 Å². The van der Waals surface area contributed by atoms with Crippen molar-refractivity contribution < 1.29 is 17.6 Å². The molecule has 0 rings (SSSR count). The van der Waals surface area contributed by atoms with Crippen LogP contribution < -0.4 is 0 Å². The topological polar surface area (TPSA) is 0 Å². The van der Waals surface area contributed by atoms with E-state index in [1.165, 1.54) is 0 Å². The van der Waals surface area contributed by atoms with E-state index in [0.29, 0.717) is 0 Å². The van der Waals surface area contributed by atoms with Crippen molar-refractivity contribution >= 4 is 47.8 Å². The van der Waals surface area contributed by atoms with E-state index in [2.05, 4.69) is 47.8 Å². The smallest absolute Gasteiger partial charge is 0.232 e. The molecule has 1 atom stereocenters. The van der Waals surface area contributed by atoms with Gasteiger partial charge in [0.2, 0.25) is 3.23 Å². The number of hydrogen-bond acceptors (Lipinski definition) is 0. The first kappa shape index (κ1) is 11.2. The van der Waals surface area contributed by atoms with E-state index in [1.807, 2.05) is 0 Å². The molecule has 0 amide bonds. The SMILES string of the molecule is FC(Br)C(Br)(Br)C(F)(F)F. The molecular weight excluding hydrogens is 352 g/mol. The Hall–Kier alpha value is 1.16. The molecule has 0 spiro atoms. The van der Waals surface area contributed by atoms with Crippen LogP contribution in [0.2, 0.25) is 0 Å². The lowest BCUT2D eigenvalue weighted by Gasteiger charge is -2.23. The molecule has 7 heteroatoms. The zero-order valence-corrected chi connectivity index (χ0v) is 8.98. The molecule has 0 aliphatic carbocycles. The molecule has 0 bridgehead atoms. The summed E-state index contributed by atoms with van der Waals surface area (Å²) in [4.78, 5) is 0. The standard InChI is InChI=1S/C3HBr3F4/c4-1(7)2(5,6)3(8,9)10/h1H. The van der Waals surface area contributed by atoms with Crippen molar-refractivity contribution in [2.75, 3.05) is 0 Å². The first-order valence-corrected chi connectivity index (χ1v) is 4.42. The summed E-state index contributed by atoms with van der Waals surface area (Å²) in [5.41, 5.74) is 0. The van der Waals surface area contributed by atoms with Crippen LogP contribution in [0.5, 0.6) is 0 Å². The van der Waals surface area contributed by atoms with Gasteiger partial charge in [-0.1, -0.05) is 31.9 Å². The first-order valence-electron chi connectivity index (χ1n) is 1.92. The highest BCUT2D eigenvalue weighted by molar-refractivity contribution is 9.26. The molecule has 62 valence electrons. The Kier molecular flexibility index (Phi) is 3.64. The monoisotopic (exact) mass is 350 g/mol. The van der Waals surface area contributed by atoms with Gasteiger partial charge in [0.05, 0.1) is 0 Å². The molecular formula is C3HBr3F4. The minimum atomic E-state index is -4.67. The molecule has 0 saturated heterocycles. The van der Waals surface area contributed by atoms with Crippen LogP contribution in [0, 0.1) is 0 Å². The summed E-state index contributed by atoms with van der Waals surface area (Å²) in [5, 5.41) is -2.22. The molecule has 0 radical (unpaired) electrons. The van der Waals surface area contributed by atoms with E-state index in [-0.39, 0.29) is 0 Å². The maximum atomic E-state index is 12.1. The number of alkyl halides is 7. The molecule has 0 aliphatic rings. The van der Waals surface area contributed by atoms with Gasteiger partial charge < -0.3 is 0 Å². The summed E-state index contributed by atoms with van der Waals surface area (Å²) < 4.78 is 44.6. The third-order valence-corrected chi connectivity index (χ3v) is 4.27. The second kappa shape index (κ2) is 3.26. The van der Waals surface area contributed by atoms with Crippen LogP contribution in [0.25, 0.3) is 0 Å². The van der Waals surface area contributed by atoms with Gasteiger partial charge >= 0.3 is 6.18 Å². The fraction of sp³-hybridized carbons (Fsp3) is 1.00. The van der Waals surface area contributed by atoms with Crippen molar-refractivity contribution in [2.45, 2.75) is 14.5 Å². The molecule has 0 N–H and O–H groups in total. The summed E-state index contributed by atoms with van der Waals surface area (Å²) in [6, 6.07) is 0. The van der Waals surface area contributed by atoms with Crippen LogP contribution >= 0.6 is 47.8 Å². The molecule has 0 aromatic rings. The van der Waals surface area contributed by atoms with E-state index < -0.39 is 14.5 Å². The van der Waals surface area contributed by atoms with Crippen molar-refractivity contribution in [3.63, 3.8) is 0 Å². The molecule has 0 heterocycles. The second-order valence-corrected chi connectivity index (χ2v) is 5.79. The Morgan fingerprint density at radius 2 is 1.40 bits per heavy atom. The van der Waals surface area contributed by atoms with Crippen molar-refractivity contribution in [3.05, 3.63) is 0 Å². The van der Waals surface area contributed by atoms with E-state index in [9.17, 15) is 17.6 Å². The predicted molar refractivity (Wildman–Crippen MR) is 40.5 cm³/mol. The molecule has 0 fully saturated rings. The quantitative estimate of drug-likeness (QED) is 0.498. The highest BCUT2D eigenvalue weighted by Gasteiger charge is 2.56. The Morgan fingerprint density at radius 1 is 1.10 bits per heavy atom. The van der Waals surface area contributed by atoms with Crippen molar-refractivity contribution in [2.24, 2.45) is 0 Å². The minimum absolute atomic E-state index is 2.14. The lowest BCUT2D eigenvalue weighted by atomic mass is 10.5. The molecule has 0 saturated carbocycles. The third-order valence-electron chi connectivity index (χ3n) is 0.652. The van der Waals surface area contributed by atoms with Gasteiger partial charge in [-0.15, -0.1) is 0 Å². The van der Waals surface area contributed by atoms with Crippen LogP contribution in [0.1, 0.15) is 0 Å². The van der Waals surface area contributed by atoms with Gasteiger partial charge in [0.15, 0.2) is 5.08 Å². The Bertz CT molecular complexity index is 117. The lowest BCUT2D eigenvalue weighted by molar-refractivity contribution is -0.138.